The summed E-state index contributed by atoms with van der Waals surface area (Å²) in [7, 11) is 1.34. The van der Waals surface area contributed by atoms with Crippen LogP contribution in [0.25, 0.3) is 0 Å². The van der Waals surface area contributed by atoms with Gasteiger partial charge < -0.3 is 15.8 Å². The third-order valence-corrected chi connectivity index (χ3v) is 3.76. The minimum Gasteiger partial charge on any atom is -0.490 e. The number of nitrogens with one attached hydrogen (secondary N) is 1. The van der Waals surface area contributed by atoms with Crippen LogP contribution in [0.3, 0.4) is 0 Å². The Morgan fingerprint density at radius 3 is 2.48 bits per heavy atom. The predicted molar refractivity (Wildman–Crippen MR) is 79.5 cm³/mol. The molecule has 116 valence electrons. The van der Waals surface area contributed by atoms with Gasteiger partial charge in [0.2, 0.25) is 0 Å². The Hall–Kier alpha value is -2.15. The third-order valence-electron chi connectivity index (χ3n) is 3.76. The van der Waals surface area contributed by atoms with Gasteiger partial charge in [0.1, 0.15) is 0 Å². The van der Waals surface area contributed by atoms with Crippen molar-refractivity contribution in [1.29, 1.82) is 0 Å². The molecule has 0 heterocycles. The fraction of sp³-hybridized carbons (Fsp3) is 0.500. The van der Waals surface area contributed by atoms with E-state index in [0.29, 0.717) is 19.4 Å². The van der Waals surface area contributed by atoms with Gasteiger partial charge in [0, 0.05) is 18.2 Å². The van der Waals surface area contributed by atoms with Crippen LogP contribution in [0.2, 0.25) is 0 Å². The number of rotatable bonds is 7. The normalized spacial score (nSPS) is 11.0. The maximum absolute atomic E-state index is 12.3. The van der Waals surface area contributed by atoms with Crippen LogP contribution in [0.4, 0.5) is 5.69 Å². The molecule has 0 aliphatic carbocycles. The molecule has 0 aromatic heterocycles. The van der Waals surface area contributed by atoms with E-state index in [1.807, 2.05) is 13.8 Å². The van der Waals surface area contributed by atoms with E-state index >= 15 is 0 Å². The molecule has 0 aliphatic heterocycles. The van der Waals surface area contributed by atoms with E-state index < -0.39 is 10.5 Å². The number of hydrogen-bond donors (Lipinski definition) is 2. The molecule has 7 heteroatoms. The van der Waals surface area contributed by atoms with Crippen LogP contribution in [0.1, 0.15) is 37.0 Å². The monoisotopic (exact) mass is 295 g/mol. The van der Waals surface area contributed by atoms with Crippen molar-refractivity contribution in [2.24, 2.45) is 5.73 Å². The average molecular weight is 295 g/mol. The maximum atomic E-state index is 12.3. The van der Waals surface area contributed by atoms with Gasteiger partial charge in [0.25, 0.3) is 5.91 Å². The number of ether oxygens (including phenoxy) is 1. The second-order valence-electron chi connectivity index (χ2n) is 4.79. The summed E-state index contributed by atoms with van der Waals surface area (Å²) < 4.78 is 4.91. The zero-order valence-corrected chi connectivity index (χ0v) is 12.5. The second-order valence-corrected chi connectivity index (χ2v) is 4.79. The first-order chi connectivity index (χ1) is 9.92. The summed E-state index contributed by atoms with van der Waals surface area (Å²) in [4.78, 5) is 22.7. The lowest BCUT2D eigenvalue weighted by Gasteiger charge is -2.31. The number of carbonyl (C=O) groups excluding carboxylic acids is 1. The van der Waals surface area contributed by atoms with Crippen molar-refractivity contribution in [3.63, 3.8) is 0 Å². The SMILES string of the molecule is CCC(CC)(CN)NC(=O)c1ccc(OC)c([N+](=O)[O-])c1. The molecule has 0 atom stereocenters. The summed E-state index contributed by atoms with van der Waals surface area (Å²) in [5.41, 5.74) is 5.21. The quantitative estimate of drug-likeness (QED) is 0.589. The number of nitrogens with two attached hydrogens (primary N) is 1. The molecule has 0 unspecified atom stereocenters. The molecule has 1 amide bonds. The summed E-state index contributed by atoms with van der Waals surface area (Å²) in [5.74, 6) is -0.262. The molecule has 7 nitrogen and oxygen atoms in total. The molecule has 0 saturated carbocycles. The zero-order chi connectivity index (χ0) is 16.0. The first kappa shape index (κ1) is 16.9. The van der Waals surface area contributed by atoms with Crippen LogP contribution in [0.5, 0.6) is 5.75 Å². The molecule has 3 N–H and O–H groups in total. The van der Waals surface area contributed by atoms with Gasteiger partial charge in [-0.3, -0.25) is 14.9 Å². The van der Waals surface area contributed by atoms with Crippen molar-refractivity contribution in [2.45, 2.75) is 32.2 Å². The van der Waals surface area contributed by atoms with Crippen molar-refractivity contribution in [3.8, 4) is 5.75 Å². The number of amides is 1. The molecule has 1 aromatic carbocycles. The molecular formula is C14H21N3O4. The number of methoxy groups -OCH3 is 1. The van der Waals surface area contributed by atoms with Gasteiger partial charge in [-0.25, -0.2) is 0 Å². The average Bonchev–Trinajstić information content (AvgIpc) is 2.51. The van der Waals surface area contributed by atoms with E-state index in [9.17, 15) is 14.9 Å². The van der Waals surface area contributed by atoms with E-state index in [0.717, 1.165) is 0 Å². The van der Waals surface area contributed by atoms with Gasteiger partial charge in [0.05, 0.1) is 17.6 Å². The van der Waals surface area contributed by atoms with Crippen LogP contribution in [0, 0.1) is 10.1 Å². The van der Waals surface area contributed by atoms with Crippen LogP contribution < -0.4 is 15.8 Å². The molecule has 0 saturated heterocycles. The highest BCUT2D eigenvalue weighted by molar-refractivity contribution is 5.95. The highest BCUT2D eigenvalue weighted by atomic mass is 16.6. The number of benzene rings is 1. The van der Waals surface area contributed by atoms with Gasteiger partial charge in [0.15, 0.2) is 5.75 Å². The molecule has 21 heavy (non-hydrogen) atoms. The fourth-order valence-electron chi connectivity index (χ4n) is 2.05. The Morgan fingerprint density at radius 2 is 2.05 bits per heavy atom. The molecule has 0 spiro atoms. The lowest BCUT2D eigenvalue weighted by molar-refractivity contribution is -0.385. The molecule has 1 aromatic rings. The van der Waals surface area contributed by atoms with Crippen molar-refractivity contribution in [3.05, 3.63) is 33.9 Å². The zero-order valence-electron chi connectivity index (χ0n) is 12.5. The summed E-state index contributed by atoms with van der Waals surface area (Å²) in [6.45, 7) is 4.18. The summed E-state index contributed by atoms with van der Waals surface area (Å²) in [6, 6.07) is 4.11. The highest BCUT2D eigenvalue weighted by Gasteiger charge is 2.27. The standard InChI is InChI=1S/C14H21N3O4/c1-4-14(5-2,9-15)16-13(18)10-6-7-12(21-3)11(8-10)17(19)20/h6-8H,4-5,9,15H2,1-3H3,(H,16,18). The lowest BCUT2D eigenvalue weighted by atomic mass is 9.92. The van der Waals surface area contributed by atoms with Gasteiger partial charge in [-0.05, 0) is 25.0 Å². The Balaban J connectivity index is 3.08. The predicted octanol–water partition coefficient (Wildman–Crippen LogP) is 1.85. The minimum absolute atomic E-state index is 0.118. The highest BCUT2D eigenvalue weighted by Crippen LogP contribution is 2.27. The summed E-state index contributed by atoms with van der Waals surface area (Å²) in [5, 5.41) is 13.9. The van der Waals surface area contributed by atoms with E-state index in [4.69, 9.17) is 10.5 Å². The van der Waals surface area contributed by atoms with Gasteiger partial charge >= 0.3 is 5.69 Å². The number of hydrogen-bond acceptors (Lipinski definition) is 5. The number of nitrogens with zero attached hydrogens (tertiary/aromatic N) is 1. The van der Waals surface area contributed by atoms with Gasteiger partial charge in [-0.15, -0.1) is 0 Å². The Bertz CT molecular complexity index is 519. The van der Waals surface area contributed by atoms with Crippen molar-refractivity contribution >= 4 is 11.6 Å². The molecular weight excluding hydrogens is 274 g/mol. The Morgan fingerprint density at radius 1 is 1.43 bits per heavy atom. The maximum Gasteiger partial charge on any atom is 0.311 e. The van der Waals surface area contributed by atoms with E-state index in [-0.39, 0.29) is 22.9 Å². The van der Waals surface area contributed by atoms with E-state index in [1.54, 1.807) is 0 Å². The lowest BCUT2D eigenvalue weighted by Crippen LogP contribution is -2.52. The van der Waals surface area contributed by atoms with Crippen LogP contribution in [0.15, 0.2) is 18.2 Å². The molecule has 0 aliphatic rings. The van der Waals surface area contributed by atoms with Crippen molar-refractivity contribution < 1.29 is 14.5 Å². The van der Waals surface area contributed by atoms with Crippen LogP contribution in [-0.4, -0.2) is 30.0 Å². The minimum atomic E-state index is -0.578. The van der Waals surface area contributed by atoms with Crippen LogP contribution >= 0.6 is 0 Å². The first-order valence-corrected chi connectivity index (χ1v) is 6.78. The Labute approximate surface area is 123 Å². The fourth-order valence-corrected chi connectivity index (χ4v) is 2.05. The smallest absolute Gasteiger partial charge is 0.311 e. The van der Waals surface area contributed by atoms with Gasteiger partial charge in [-0.1, -0.05) is 13.8 Å². The first-order valence-electron chi connectivity index (χ1n) is 6.78. The molecule has 0 fully saturated rings. The molecule has 0 radical (unpaired) electrons. The van der Waals surface area contributed by atoms with Crippen molar-refractivity contribution in [2.75, 3.05) is 13.7 Å². The summed E-state index contributed by atoms with van der Waals surface area (Å²) in [6.07, 6.45) is 1.37. The van der Waals surface area contributed by atoms with Crippen LogP contribution in [-0.2, 0) is 0 Å². The third kappa shape index (κ3) is 3.69. The Kier molecular flexibility index (Phi) is 5.66. The number of carbonyl (C=O) groups is 1. The molecule has 0 bridgehead atoms. The van der Waals surface area contributed by atoms with E-state index in [2.05, 4.69) is 5.32 Å². The largest absolute Gasteiger partial charge is 0.490 e. The summed E-state index contributed by atoms with van der Waals surface area (Å²) >= 11 is 0. The molecule has 1 rings (SSSR count). The second kappa shape index (κ2) is 7.03. The van der Waals surface area contributed by atoms with Crippen molar-refractivity contribution in [1.82, 2.24) is 5.32 Å². The topological polar surface area (TPSA) is 107 Å². The number of nitro groups is 1. The van der Waals surface area contributed by atoms with Gasteiger partial charge in [-0.2, -0.15) is 0 Å². The number of nitro benzene ring substituents is 1. The van der Waals surface area contributed by atoms with E-state index in [1.165, 1.54) is 25.3 Å².